The highest BCUT2D eigenvalue weighted by molar-refractivity contribution is 9.10. The zero-order chi connectivity index (χ0) is 14.7. The first-order valence-corrected chi connectivity index (χ1v) is 6.57. The van der Waals surface area contributed by atoms with Crippen molar-refractivity contribution in [3.63, 3.8) is 0 Å². The molecular weight excluding hydrogens is 330 g/mol. The summed E-state index contributed by atoms with van der Waals surface area (Å²) in [5.41, 5.74) is 0.947. The van der Waals surface area contributed by atoms with Gasteiger partial charge in [-0.2, -0.15) is 0 Å². The summed E-state index contributed by atoms with van der Waals surface area (Å²) in [6.07, 6.45) is 1.45. The molecule has 2 rings (SSSR count). The fraction of sp³-hybridized carbons (Fsp3) is 0.143. The molecule has 0 fully saturated rings. The quantitative estimate of drug-likeness (QED) is 0.802. The number of hydrogen-bond acceptors (Lipinski definition) is 2. The molecule has 1 amide bonds. The zero-order valence-electron chi connectivity index (χ0n) is 10.6. The minimum absolute atomic E-state index is 0.187. The minimum atomic E-state index is -0.923. The number of amides is 1. The number of benzene rings is 1. The van der Waals surface area contributed by atoms with Crippen molar-refractivity contribution >= 4 is 21.8 Å². The second-order valence-corrected chi connectivity index (χ2v) is 5.09. The van der Waals surface area contributed by atoms with Crippen LogP contribution < -0.4 is 0 Å². The van der Waals surface area contributed by atoms with Crippen LogP contribution >= 0.6 is 15.9 Å². The lowest BCUT2D eigenvalue weighted by Crippen LogP contribution is -2.26. The molecular formula is C14H11BrF2N2O. The molecule has 0 saturated carbocycles. The summed E-state index contributed by atoms with van der Waals surface area (Å²) >= 11 is 3.19. The van der Waals surface area contributed by atoms with Crippen LogP contribution in [0.4, 0.5) is 8.78 Å². The van der Waals surface area contributed by atoms with Crippen molar-refractivity contribution in [2.45, 2.75) is 6.54 Å². The normalized spacial score (nSPS) is 10.4. The zero-order valence-corrected chi connectivity index (χ0v) is 12.2. The van der Waals surface area contributed by atoms with E-state index in [1.165, 1.54) is 17.2 Å². The van der Waals surface area contributed by atoms with Crippen molar-refractivity contribution in [1.82, 2.24) is 9.88 Å². The first kappa shape index (κ1) is 14.6. The molecule has 0 bridgehead atoms. The van der Waals surface area contributed by atoms with E-state index < -0.39 is 11.6 Å². The van der Waals surface area contributed by atoms with Gasteiger partial charge in [0.1, 0.15) is 4.60 Å². The maximum atomic E-state index is 13.1. The van der Waals surface area contributed by atoms with E-state index in [4.69, 9.17) is 0 Å². The minimum Gasteiger partial charge on any atom is -0.337 e. The second kappa shape index (κ2) is 6.09. The summed E-state index contributed by atoms with van der Waals surface area (Å²) in [4.78, 5) is 17.5. The molecule has 0 aliphatic rings. The lowest BCUT2D eigenvalue weighted by atomic mass is 10.2. The molecule has 1 aromatic carbocycles. The van der Waals surface area contributed by atoms with Gasteiger partial charge >= 0.3 is 0 Å². The summed E-state index contributed by atoms with van der Waals surface area (Å²) in [6.45, 7) is 0.187. The number of carbonyl (C=O) groups is 1. The third-order valence-corrected chi connectivity index (χ3v) is 3.19. The van der Waals surface area contributed by atoms with Crippen LogP contribution in [0.15, 0.2) is 41.1 Å². The van der Waals surface area contributed by atoms with E-state index in [-0.39, 0.29) is 12.5 Å². The van der Waals surface area contributed by atoms with Crippen molar-refractivity contribution < 1.29 is 13.6 Å². The molecule has 0 N–H and O–H groups in total. The van der Waals surface area contributed by atoms with Gasteiger partial charge in [-0.25, -0.2) is 13.8 Å². The number of carbonyl (C=O) groups excluding carboxylic acids is 1. The van der Waals surface area contributed by atoms with Gasteiger partial charge in [-0.15, -0.1) is 0 Å². The molecule has 0 aliphatic carbocycles. The van der Waals surface area contributed by atoms with Crippen LogP contribution in [0, 0.1) is 11.6 Å². The Morgan fingerprint density at radius 3 is 2.60 bits per heavy atom. The Balaban J connectivity index is 2.11. The predicted molar refractivity (Wildman–Crippen MR) is 74.1 cm³/mol. The highest BCUT2D eigenvalue weighted by Gasteiger charge is 2.13. The molecule has 0 spiro atoms. The number of halogens is 3. The van der Waals surface area contributed by atoms with E-state index in [9.17, 15) is 13.6 Å². The van der Waals surface area contributed by atoms with Gasteiger partial charge < -0.3 is 4.90 Å². The van der Waals surface area contributed by atoms with Crippen molar-refractivity contribution in [1.29, 1.82) is 0 Å². The molecule has 3 nitrogen and oxygen atoms in total. The molecule has 0 aliphatic heterocycles. The van der Waals surface area contributed by atoms with Gasteiger partial charge in [0.05, 0.1) is 5.56 Å². The van der Waals surface area contributed by atoms with Crippen LogP contribution in [-0.4, -0.2) is 22.8 Å². The van der Waals surface area contributed by atoms with E-state index in [0.717, 1.165) is 12.1 Å². The lowest BCUT2D eigenvalue weighted by molar-refractivity contribution is 0.0784. The average Bonchev–Trinajstić information content (AvgIpc) is 2.43. The van der Waals surface area contributed by atoms with Crippen molar-refractivity contribution in [3.8, 4) is 0 Å². The lowest BCUT2D eigenvalue weighted by Gasteiger charge is -2.17. The summed E-state index contributed by atoms with van der Waals surface area (Å²) in [5.74, 6) is -2.07. The van der Waals surface area contributed by atoms with Gasteiger partial charge in [0.2, 0.25) is 0 Å². The maximum Gasteiger partial charge on any atom is 0.255 e. The number of rotatable bonds is 3. The summed E-state index contributed by atoms with van der Waals surface area (Å²) in [6, 6.07) is 6.88. The van der Waals surface area contributed by atoms with Crippen LogP contribution in [0.1, 0.15) is 15.9 Å². The van der Waals surface area contributed by atoms with Gasteiger partial charge in [-0.1, -0.05) is 6.07 Å². The predicted octanol–water partition coefficient (Wildman–Crippen LogP) is 3.39. The van der Waals surface area contributed by atoms with E-state index in [1.807, 2.05) is 0 Å². The van der Waals surface area contributed by atoms with Crippen LogP contribution in [0.5, 0.6) is 0 Å². The van der Waals surface area contributed by atoms with Crippen LogP contribution in [0.2, 0.25) is 0 Å². The van der Waals surface area contributed by atoms with E-state index >= 15 is 0 Å². The smallest absolute Gasteiger partial charge is 0.255 e. The summed E-state index contributed by atoms with van der Waals surface area (Å²) < 4.78 is 26.6. The van der Waals surface area contributed by atoms with Gasteiger partial charge in [0, 0.05) is 19.8 Å². The molecule has 0 radical (unpaired) electrons. The maximum absolute atomic E-state index is 13.1. The summed E-state index contributed by atoms with van der Waals surface area (Å²) in [5, 5.41) is 0. The van der Waals surface area contributed by atoms with Crippen molar-refractivity contribution in [2.24, 2.45) is 0 Å². The SMILES string of the molecule is CN(Cc1ccc(F)c(F)c1)C(=O)c1ccc(Br)nc1. The van der Waals surface area contributed by atoms with E-state index in [2.05, 4.69) is 20.9 Å². The molecule has 2 aromatic rings. The van der Waals surface area contributed by atoms with E-state index in [1.54, 1.807) is 19.2 Å². The topological polar surface area (TPSA) is 33.2 Å². The van der Waals surface area contributed by atoms with E-state index in [0.29, 0.717) is 15.7 Å². The highest BCUT2D eigenvalue weighted by atomic mass is 79.9. The first-order chi connectivity index (χ1) is 9.47. The van der Waals surface area contributed by atoms with Gasteiger partial charge in [0.25, 0.3) is 5.91 Å². The third-order valence-electron chi connectivity index (χ3n) is 2.72. The molecule has 104 valence electrons. The van der Waals surface area contributed by atoms with Gasteiger partial charge in [-0.3, -0.25) is 4.79 Å². The number of hydrogen-bond donors (Lipinski definition) is 0. The van der Waals surface area contributed by atoms with Crippen LogP contribution in [-0.2, 0) is 6.54 Å². The Morgan fingerprint density at radius 2 is 2.00 bits per heavy atom. The third kappa shape index (κ3) is 3.39. The first-order valence-electron chi connectivity index (χ1n) is 5.78. The largest absolute Gasteiger partial charge is 0.337 e. The molecule has 6 heteroatoms. The average molecular weight is 341 g/mol. The molecule has 1 heterocycles. The molecule has 20 heavy (non-hydrogen) atoms. The standard InChI is InChI=1S/C14H11BrF2N2O/c1-19(8-9-2-4-11(16)12(17)6-9)14(20)10-3-5-13(15)18-7-10/h2-7H,8H2,1H3. The molecule has 0 atom stereocenters. The second-order valence-electron chi connectivity index (χ2n) is 4.28. The molecule has 1 aromatic heterocycles. The van der Waals surface area contributed by atoms with Gasteiger partial charge in [0.15, 0.2) is 11.6 Å². The Hall–Kier alpha value is -1.82. The monoisotopic (exact) mass is 340 g/mol. The molecule has 0 saturated heterocycles. The Kier molecular flexibility index (Phi) is 4.44. The number of nitrogens with zero attached hydrogens (tertiary/aromatic N) is 2. The van der Waals surface area contributed by atoms with Crippen molar-refractivity contribution in [2.75, 3.05) is 7.05 Å². The van der Waals surface area contributed by atoms with Crippen molar-refractivity contribution in [3.05, 3.63) is 63.9 Å². The Bertz CT molecular complexity index is 632. The summed E-state index contributed by atoms with van der Waals surface area (Å²) in [7, 11) is 1.59. The van der Waals surface area contributed by atoms with Crippen LogP contribution in [0.25, 0.3) is 0 Å². The Morgan fingerprint density at radius 1 is 1.25 bits per heavy atom. The number of aromatic nitrogens is 1. The Labute approximate surface area is 123 Å². The fourth-order valence-corrected chi connectivity index (χ4v) is 1.94. The van der Waals surface area contributed by atoms with Crippen LogP contribution in [0.3, 0.4) is 0 Å². The highest BCUT2D eigenvalue weighted by Crippen LogP contribution is 2.13. The van der Waals surface area contributed by atoms with Gasteiger partial charge in [-0.05, 0) is 45.8 Å². The number of pyridine rings is 1. The fourth-order valence-electron chi connectivity index (χ4n) is 1.71. The molecule has 0 unspecified atom stereocenters.